The van der Waals surface area contributed by atoms with Crippen LogP contribution in [-0.2, 0) is 11.3 Å². The zero-order chi connectivity index (χ0) is 19.5. The lowest BCUT2D eigenvalue weighted by Crippen LogP contribution is -2.38. The Labute approximate surface area is 170 Å². The van der Waals surface area contributed by atoms with E-state index in [0.29, 0.717) is 5.02 Å². The first kappa shape index (κ1) is 18.8. The molecular weight excluding hydrogens is 372 g/mol. The third kappa shape index (κ3) is 3.99. The number of anilines is 2. The third-order valence-corrected chi connectivity index (χ3v) is 5.63. The molecule has 1 aliphatic rings. The van der Waals surface area contributed by atoms with E-state index in [1.165, 1.54) is 5.52 Å². The van der Waals surface area contributed by atoms with Crippen LogP contribution >= 0.6 is 11.6 Å². The van der Waals surface area contributed by atoms with Gasteiger partial charge < -0.3 is 14.8 Å². The van der Waals surface area contributed by atoms with Crippen LogP contribution < -0.4 is 10.2 Å². The van der Waals surface area contributed by atoms with Gasteiger partial charge in [0.1, 0.15) is 5.82 Å². The van der Waals surface area contributed by atoms with Crippen molar-refractivity contribution in [2.24, 2.45) is 5.92 Å². The molecule has 1 saturated heterocycles. The van der Waals surface area contributed by atoms with E-state index in [1.807, 2.05) is 18.2 Å². The number of aryl methyl sites for hydroxylation is 1. The molecule has 146 valence electrons. The molecular formula is C22H25ClN4O. The molecule has 0 spiro atoms. The summed E-state index contributed by atoms with van der Waals surface area (Å²) >= 11 is 5.91. The Balaban J connectivity index is 1.36. The monoisotopic (exact) mass is 396 g/mol. The van der Waals surface area contributed by atoms with E-state index in [1.54, 1.807) is 6.20 Å². The maximum absolute atomic E-state index is 12.7. The number of hydrogen-bond donors (Lipinski definition) is 1. The number of pyridine rings is 1. The standard InChI is InChI=1S/C22H25ClN4O/c1-2-10-26-11-9-17-14-19(4-5-20(17)26)25-22(28)16-7-12-27(13-8-16)21-6-3-18(23)15-24-21/h3-6,9,11,14-16H,2,7-8,10,12-13H2,1H3,(H,25,28). The lowest BCUT2D eigenvalue weighted by atomic mass is 9.95. The average Bonchev–Trinajstić information content (AvgIpc) is 3.11. The molecule has 1 aromatic carbocycles. The fourth-order valence-corrected chi connectivity index (χ4v) is 4.00. The second-order valence-electron chi connectivity index (χ2n) is 7.37. The minimum Gasteiger partial charge on any atom is -0.357 e. The Kier molecular flexibility index (Phi) is 5.53. The summed E-state index contributed by atoms with van der Waals surface area (Å²) in [5, 5.41) is 4.91. The van der Waals surface area contributed by atoms with Crippen LogP contribution in [0.5, 0.6) is 0 Å². The number of nitrogens with one attached hydrogen (secondary N) is 1. The summed E-state index contributed by atoms with van der Waals surface area (Å²) in [4.78, 5) is 19.3. The topological polar surface area (TPSA) is 50.2 Å². The molecule has 1 N–H and O–H groups in total. The summed E-state index contributed by atoms with van der Waals surface area (Å²) in [6.07, 6.45) is 6.53. The van der Waals surface area contributed by atoms with Crippen molar-refractivity contribution in [2.45, 2.75) is 32.7 Å². The number of halogens is 1. The zero-order valence-corrected chi connectivity index (χ0v) is 16.8. The highest BCUT2D eigenvalue weighted by Crippen LogP contribution is 2.25. The number of amides is 1. The molecule has 28 heavy (non-hydrogen) atoms. The number of fused-ring (bicyclic) bond motifs is 1. The van der Waals surface area contributed by atoms with Gasteiger partial charge >= 0.3 is 0 Å². The number of aromatic nitrogens is 2. The number of benzene rings is 1. The Morgan fingerprint density at radius 3 is 2.75 bits per heavy atom. The van der Waals surface area contributed by atoms with Crippen molar-refractivity contribution in [1.29, 1.82) is 0 Å². The molecule has 0 bridgehead atoms. The van der Waals surface area contributed by atoms with E-state index in [-0.39, 0.29) is 11.8 Å². The van der Waals surface area contributed by atoms with Crippen molar-refractivity contribution in [3.8, 4) is 0 Å². The van der Waals surface area contributed by atoms with E-state index in [4.69, 9.17) is 11.6 Å². The van der Waals surface area contributed by atoms with Crippen molar-refractivity contribution in [3.63, 3.8) is 0 Å². The van der Waals surface area contributed by atoms with Gasteiger partial charge in [-0.05, 0) is 55.7 Å². The predicted molar refractivity (Wildman–Crippen MR) is 115 cm³/mol. The first-order chi connectivity index (χ1) is 13.6. The lowest BCUT2D eigenvalue weighted by molar-refractivity contribution is -0.120. The number of rotatable bonds is 5. The molecule has 0 radical (unpaired) electrons. The maximum Gasteiger partial charge on any atom is 0.227 e. The number of hydrogen-bond acceptors (Lipinski definition) is 3. The van der Waals surface area contributed by atoms with E-state index < -0.39 is 0 Å². The number of piperidine rings is 1. The average molecular weight is 397 g/mol. The first-order valence-corrected chi connectivity index (χ1v) is 10.3. The molecule has 6 heteroatoms. The smallest absolute Gasteiger partial charge is 0.227 e. The van der Waals surface area contributed by atoms with Crippen LogP contribution in [0.3, 0.4) is 0 Å². The summed E-state index contributed by atoms with van der Waals surface area (Å²) in [5.74, 6) is 1.06. The summed E-state index contributed by atoms with van der Waals surface area (Å²) in [7, 11) is 0. The third-order valence-electron chi connectivity index (χ3n) is 5.40. The number of carbonyl (C=O) groups is 1. The van der Waals surface area contributed by atoms with Crippen LogP contribution in [0.4, 0.5) is 11.5 Å². The van der Waals surface area contributed by atoms with E-state index in [2.05, 4.69) is 51.1 Å². The van der Waals surface area contributed by atoms with Crippen LogP contribution in [0.25, 0.3) is 10.9 Å². The van der Waals surface area contributed by atoms with Crippen molar-refractivity contribution in [1.82, 2.24) is 9.55 Å². The number of carbonyl (C=O) groups excluding carboxylic acids is 1. The van der Waals surface area contributed by atoms with Gasteiger partial charge in [-0.25, -0.2) is 4.98 Å². The second-order valence-corrected chi connectivity index (χ2v) is 7.80. The van der Waals surface area contributed by atoms with Crippen LogP contribution in [0.1, 0.15) is 26.2 Å². The van der Waals surface area contributed by atoms with E-state index in [9.17, 15) is 4.79 Å². The largest absolute Gasteiger partial charge is 0.357 e. The summed E-state index contributed by atoms with van der Waals surface area (Å²) in [6.45, 7) is 4.84. The van der Waals surface area contributed by atoms with Gasteiger partial charge in [-0.3, -0.25) is 4.79 Å². The predicted octanol–water partition coefficient (Wildman–Crippen LogP) is 4.95. The molecule has 0 aliphatic carbocycles. The van der Waals surface area contributed by atoms with Gasteiger partial charge in [-0.2, -0.15) is 0 Å². The Morgan fingerprint density at radius 2 is 2.04 bits per heavy atom. The van der Waals surface area contributed by atoms with E-state index >= 15 is 0 Å². The molecule has 3 heterocycles. The van der Waals surface area contributed by atoms with Gasteiger partial charge in [-0.15, -0.1) is 0 Å². The molecule has 1 amide bonds. The molecule has 0 atom stereocenters. The molecule has 1 fully saturated rings. The molecule has 1 aliphatic heterocycles. The minimum atomic E-state index is 0.0314. The van der Waals surface area contributed by atoms with Crippen LogP contribution in [0.15, 0.2) is 48.8 Å². The number of nitrogens with zero attached hydrogens (tertiary/aromatic N) is 3. The Hall–Kier alpha value is -2.53. The lowest BCUT2D eigenvalue weighted by Gasteiger charge is -2.32. The zero-order valence-electron chi connectivity index (χ0n) is 16.1. The van der Waals surface area contributed by atoms with Gasteiger partial charge in [0.2, 0.25) is 5.91 Å². The molecule has 0 saturated carbocycles. The van der Waals surface area contributed by atoms with Crippen molar-refractivity contribution < 1.29 is 4.79 Å². The van der Waals surface area contributed by atoms with Crippen molar-refractivity contribution >= 4 is 39.9 Å². The maximum atomic E-state index is 12.7. The first-order valence-electron chi connectivity index (χ1n) is 9.90. The van der Waals surface area contributed by atoms with Gasteiger partial charge in [0, 0.05) is 54.5 Å². The summed E-state index contributed by atoms with van der Waals surface area (Å²) in [6, 6.07) is 12.0. The highest BCUT2D eigenvalue weighted by Gasteiger charge is 2.25. The highest BCUT2D eigenvalue weighted by atomic mass is 35.5. The Bertz CT molecular complexity index is 958. The quantitative estimate of drug-likeness (QED) is 0.663. The SMILES string of the molecule is CCCn1ccc2cc(NC(=O)C3CCN(c4ccc(Cl)cn4)CC3)ccc21. The molecule has 5 nitrogen and oxygen atoms in total. The fourth-order valence-electron chi connectivity index (χ4n) is 3.88. The highest BCUT2D eigenvalue weighted by molar-refractivity contribution is 6.30. The fraction of sp³-hybridized carbons (Fsp3) is 0.364. The van der Waals surface area contributed by atoms with Crippen molar-refractivity contribution in [2.75, 3.05) is 23.3 Å². The summed E-state index contributed by atoms with van der Waals surface area (Å²) in [5.41, 5.74) is 2.08. The summed E-state index contributed by atoms with van der Waals surface area (Å²) < 4.78 is 2.25. The Morgan fingerprint density at radius 1 is 1.21 bits per heavy atom. The molecule has 3 aromatic rings. The van der Waals surface area contributed by atoms with Gasteiger partial charge in [0.25, 0.3) is 0 Å². The molecule has 4 rings (SSSR count). The molecule has 0 unspecified atom stereocenters. The van der Waals surface area contributed by atoms with Gasteiger partial charge in [-0.1, -0.05) is 18.5 Å². The van der Waals surface area contributed by atoms with Gasteiger partial charge in [0.05, 0.1) is 5.02 Å². The minimum absolute atomic E-state index is 0.0314. The second kappa shape index (κ2) is 8.23. The van der Waals surface area contributed by atoms with Gasteiger partial charge in [0.15, 0.2) is 0 Å². The van der Waals surface area contributed by atoms with Crippen molar-refractivity contribution in [3.05, 3.63) is 53.8 Å². The van der Waals surface area contributed by atoms with Crippen LogP contribution in [-0.4, -0.2) is 28.5 Å². The van der Waals surface area contributed by atoms with E-state index in [0.717, 1.165) is 55.8 Å². The van der Waals surface area contributed by atoms with Crippen LogP contribution in [0, 0.1) is 5.92 Å². The van der Waals surface area contributed by atoms with Crippen LogP contribution in [0.2, 0.25) is 5.02 Å². The molecule has 2 aromatic heterocycles. The normalized spacial score (nSPS) is 15.1.